The first kappa shape index (κ1) is 13.5. The third-order valence-electron chi connectivity index (χ3n) is 2.06. The first-order valence-electron chi connectivity index (χ1n) is 5.30. The van der Waals surface area contributed by atoms with Gasteiger partial charge in [0, 0.05) is 12.6 Å². The lowest BCUT2D eigenvalue weighted by Crippen LogP contribution is -1.96. The van der Waals surface area contributed by atoms with Crippen molar-refractivity contribution in [1.82, 2.24) is 10.2 Å². The van der Waals surface area contributed by atoms with E-state index in [9.17, 15) is 10.1 Å². The first-order valence-corrected chi connectivity index (χ1v) is 6.93. The molecule has 0 amide bonds. The highest BCUT2D eigenvalue weighted by atomic mass is 32.2. The molecule has 2 aromatic rings. The molecule has 0 unspecified atom stereocenters. The predicted octanol–water partition coefficient (Wildman–Crippen LogP) is 3.20. The summed E-state index contributed by atoms with van der Waals surface area (Å²) >= 11 is 2.58. The Kier molecular flexibility index (Phi) is 4.48. The van der Waals surface area contributed by atoms with Gasteiger partial charge in [-0.1, -0.05) is 29.5 Å². The summed E-state index contributed by atoms with van der Waals surface area (Å²) in [5.41, 5.74) is 0.0725. The number of benzene rings is 1. The molecule has 19 heavy (non-hydrogen) atoms. The molecule has 6 nitrogen and oxygen atoms in total. The molecule has 8 heteroatoms. The van der Waals surface area contributed by atoms with E-state index >= 15 is 0 Å². The van der Waals surface area contributed by atoms with E-state index in [1.165, 1.54) is 29.2 Å². The second-order valence-corrected chi connectivity index (χ2v) is 5.64. The first-order chi connectivity index (χ1) is 9.20. The van der Waals surface area contributed by atoms with Crippen molar-refractivity contribution in [2.45, 2.75) is 9.24 Å². The number of nitrogens with one attached hydrogen (secondary N) is 1. The Morgan fingerprint density at radius 3 is 3.00 bits per heavy atom. The van der Waals surface area contributed by atoms with E-state index in [0.717, 1.165) is 0 Å². The van der Waals surface area contributed by atoms with Gasteiger partial charge in [0.25, 0.3) is 5.69 Å². The summed E-state index contributed by atoms with van der Waals surface area (Å²) in [6.07, 6.45) is 1.72. The molecule has 1 heterocycles. The maximum Gasteiger partial charge on any atom is 0.283 e. The Balaban J connectivity index is 2.15. The van der Waals surface area contributed by atoms with Gasteiger partial charge in [0.05, 0.1) is 9.82 Å². The summed E-state index contributed by atoms with van der Waals surface area (Å²) in [5, 5.41) is 22.5. The van der Waals surface area contributed by atoms with Crippen molar-refractivity contribution in [3.8, 4) is 0 Å². The quantitative estimate of drug-likeness (QED) is 0.500. The molecule has 0 spiro atoms. The van der Waals surface area contributed by atoms with Gasteiger partial charge in [-0.15, -0.1) is 16.8 Å². The Bertz CT molecular complexity index is 600. The number of nitrogens with zero attached hydrogens (tertiary/aromatic N) is 3. The average Bonchev–Trinajstić information content (AvgIpc) is 2.84. The molecule has 0 aliphatic carbocycles. The van der Waals surface area contributed by atoms with Gasteiger partial charge in [0.2, 0.25) is 5.13 Å². The summed E-state index contributed by atoms with van der Waals surface area (Å²) in [6, 6.07) is 6.56. The maximum absolute atomic E-state index is 10.9. The molecule has 0 fully saturated rings. The minimum Gasteiger partial charge on any atom is -0.357 e. The lowest BCUT2D eigenvalue weighted by Gasteiger charge is -1.98. The van der Waals surface area contributed by atoms with Crippen LogP contribution < -0.4 is 5.32 Å². The minimum absolute atomic E-state index is 0.0725. The number of hydrogen-bond donors (Lipinski definition) is 1. The zero-order valence-corrected chi connectivity index (χ0v) is 11.4. The maximum atomic E-state index is 10.9. The molecule has 0 aliphatic heterocycles. The van der Waals surface area contributed by atoms with Crippen LogP contribution in [0.2, 0.25) is 0 Å². The summed E-state index contributed by atoms with van der Waals surface area (Å²) in [7, 11) is 0. The van der Waals surface area contributed by atoms with Crippen LogP contribution in [0.1, 0.15) is 0 Å². The van der Waals surface area contributed by atoms with Crippen LogP contribution in [0.4, 0.5) is 10.8 Å². The molecule has 2 rings (SSSR count). The van der Waals surface area contributed by atoms with Crippen LogP contribution in [-0.2, 0) is 0 Å². The molecule has 1 aromatic heterocycles. The van der Waals surface area contributed by atoms with Gasteiger partial charge in [-0.2, -0.15) is 0 Å². The topological polar surface area (TPSA) is 81.0 Å². The fourth-order valence-corrected chi connectivity index (χ4v) is 3.09. The molecule has 0 bridgehead atoms. The van der Waals surface area contributed by atoms with Crippen molar-refractivity contribution < 1.29 is 4.92 Å². The van der Waals surface area contributed by atoms with E-state index in [1.54, 1.807) is 24.3 Å². The molecule has 1 N–H and O–H groups in total. The third kappa shape index (κ3) is 3.52. The smallest absolute Gasteiger partial charge is 0.283 e. The van der Waals surface area contributed by atoms with Crippen LogP contribution in [-0.4, -0.2) is 21.7 Å². The standard InChI is InChI=1S/C11H10N4O2S2/c1-2-7-12-10-13-14-11(19-10)18-9-6-4-3-5-8(9)15(16)17/h2-6H,1,7H2,(H,12,13). The van der Waals surface area contributed by atoms with Gasteiger partial charge in [-0.25, -0.2) is 0 Å². The van der Waals surface area contributed by atoms with Crippen molar-refractivity contribution >= 4 is 33.9 Å². The van der Waals surface area contributed by atoms with Gasteiger partial charge in [-0.05, 0) is 17.8 Å². The second kappa shape index (κ2) is 6.30. The fraction of sp³-hybridized carbons (Fsp3) is 0.0909. The highest BCUT2D eigenvalue weighted by molar-refractivity contribution is 8.01. The summed E-state index contributed by atoms with van der Waals surface area (Å²) < 4.78 is 0.654. The van der Waals surface area contributed by atoms with E-state index in [4.69, 9.17) is 0 Å². The molecular formula is C11H10N4O2S2. The van der Waals surface area contributed by atoms with Crippen LogP contribution in [0, 0.1) is 10.1 Å². The Morgan fingerprint density at radius 2 is 2.26 bits per heavy atom. The van der Waals surface area contributed by atoms with Crippen LogP contribution in [0.15, 0.2) is 46.2 Å². The molecule has 0 saturated carbocycles. The van der Waals surface area contributed by atoms with Crippen LogP contribution in [0.5, 0.6) is 0 Å². The Morgan fingerprint density at radius 1 is 1.47 bits per heavy atom. The summed E-state index contributed by atoms with van der Waals surface area (Å²) in [4.78, 5) is 11.0. The minimum atomic E-state index is -0.403. The van der Waals surface area contributed by atoms with E-state index < -0.39 is 4.92 Å². The average molecular weight is 294 g/mol. The zero-order valence-electron chi connectivity index (χ0n) is 9.78. The van der Waals surface area contributed by atoms with Gasteiger partial charge in [0.1, 0.15) is 0 Å². The molecule has 0 aliphatic rings. The Hall–Kier alpha value is -1.93. The summed E-state index contributed by atoms with van der Waals surface area (Å²) in [5.74, 6) is 0. The van der Waals surface area contributed by atoms with Crippen LogP contribution >= 0.6 is 23.1 Å². The van der Waals surface area contributed by atoms with E-state index in [-0.39, 0.29) is 5.69 Å². The molecule has 0 radical (unpaired) electrons. The van der Waals surface area contributed by atoms with Crippen LogP contribution in [0.25, 0.3) is 0 Å². The van der Waals surface area contributed by atoms with Crippen LogP contribution in [0.3, 0.4) is 0 Å². The van der Waals surface area contributed by atoms with Crippen molar-refractivity contribution in [3.05, 3.63) is 47.0 Å². The number of nitro groups is 1. The summed E-state index contributed by atoms with van der Waals surface area (Å²) in [6.45, 7) is 4.20. The lowest BCUT2D eigenvalue weighted by atomic mass is 10.3. The molecule has 1 aromatic carbocycles. The molecular weight excluding hydrogens is 284 g/mol. The van der Waals surface area contributed by atoms with E-state index in [1.807, 2.05) is 0 Å². The zero-order chi connectivity index (χ0) is 13.7. The SMILES string of the molecule is C=CCNc1nnc(Sc2ccccc2[N+](=O)[O-])s1. The van der Waals surface area contributed by atoms with Gasteiger partial charge in [0.15, 0.2) is 4.34 Å². The fourth-order valence-electron chi connectivity index (χ4n) is 1.27. The van der Waals surface area contributed by atoms with Gasteiger partial charge < -0.3 is 5.32 Å². The molecule has 0 atom stereocenters. The molecule has 98 valence electrons. The lowest BCUT2D eigenvalue weighted by molar-refractivity contribution is -0.387. The van der Waals surface area contributed by atoms with Gasteiger partial charge in [-0.3, -0.25) is 10.1 Å². The number of anilines is 1. The Labute approximate surface area is 117 Å². The highest BCUT2D eigenvalue weighted by Gasteiger charge is 2.15. The number of para-hydroxylation sites is 1. The number of rotatable bonds is 6. The van der Waals surface area contributed by atoms with E-state index in [2.05, 4.69) is 22.1 Å². The van der Waals surface area contributed by atoms with Crippen molar-refractivity contribution in [1.29, 1.82) is 0 Å². The number of aromatic nitrogens is 2. The van der Waals surface area contributed by atoms with Gasteiger partial charge >= 0.3 is 0 Å². The number of nitro benzene ring substituents is 1. The van der Waals surface area contributed by atoms with Crippen molar-refractivity contribution in [2.75, 3.05) is 11.9 Å². The monoisotopic (exact) mass is 294 g/mol. The predicted molar refractivity (Wildman–Crippen MR) is 75.8 cm³/mol. The van der Waals surface area contributed by atoms with Crippen molar-refractivity contribution in [3.63, 3.8) is 0 Å². The highest BCUT2D eigenvalue weighted by Crippen LogP contribution is 2.36. The largest absolute Gasteiger partial charge is 0.357 e. The normalized spacial score (nSPS) is 10.1. The molecule has 0 saturated heterocycles. The second-order valence-electron chi connectivity index (χ2n) is 3.37. The van der Waals surface area contributed by atoms with E-state index in [0.29, 0.717) is 20.9 Å². The third-order valence-corrected chi connectivity index (χ3v) is 4.06. The number of hydrogen-bond acceptors (Lipinski definition) is 7. The van der Waals surface area contributed by atoms with Crippen molar-refractivity contribution in [2.24, 2.45) is 0 Å².